The molecule has 0 N–H and O–H groups in total. The first-order valence-electron chi connectivity index (χ1n) is 7.84. The van der Waals surface area contributed by atoms with Gasteiger partial charge in [-0.2, -0.15) is 0 Å². The van der Waals surface area contributed by atoms with Crippen LogP contribution in [0.3, 0.4) is 0 Å². The second-order valence-corrected chi connectivity index (χ2v) is 4.73. The molecule has 0 aliphatic carbocycles. The van der Waals surface area contributed by atoms with E-state index in [1.165, 1.54) is 44.9 Å². The summed E-state index contributed by atoms with van der Waals surface area (Å²) in [7, 11) is 0. The summed E-state index contributed by atoms with van der Waals surface area (Å²) in [6.07, 6.45) is 18.5. The van der Waals surface area contributed by atoms with Crippen LogP contribution in [0.4, 0.5) is 0 Å². The topological polar surface area (TPSA) is 34.1 Å². The fraction of sp³-hybridized carbons (Fsp3) is 0.765. The Bertz CT molecular complexity index is 167. The lowest BCUT2D eigenvalue weighted by Gasteiger charge is -1.97. The molecule has 0 saturated carbocycles. The van der Waals surface area contributed by atoms with Crippen LogP contribution in [0, 0.1) is 12.8 Å². The Hall–Kier alpha value is -0.660. The van der Waals surface area contributed by atoms with Gasteiger partial charge < -0.3 is 9.59 Å². The molecule has 19 heavy (non-hydrogen) atoms. The second-order valence-electron chi connectivity index (χ2n) is 4.73. The van der Waals surface area contributed by atoms with Crippen LogP contribution in [-0.4, -0.2) is 12.6 Å². The molecule has 0 rings (SSSR count). The molecule has 0 aromatic heterocycles. The zero-order chi connectivity index (χ0) is 14.6. The third-order valence-electron chi connectivity index (χ3n) is 2.80. The van der Waals surface area contributed by atoms with Crippen molar-refractivity contribution in [3.8, 4) is 0 Å². The van der Waals surface area contributed by atoms with E-state index in [0.29, 0.717) is 12.8 Å². The molecule has 0 aliphatic rings. The van der Waals surface area contributed by atoms with Gasteiger partial charge in [0.25, 0.3) is 0 Å². The Morgan fingerprint density at radius 1 is 0.632 bits per heavy atom. The first kappa shape index (κ1) is 20.7. The molecule has 2 radical (unpaired) electrons. The average molecular weight is 268 g/mol. The molecule has 0 bridgehead atoms. The van der Waals surface area contributed by atoms with Crippen LogP contribution in [0.5, 0.6) is 0 Å². The predicted octanol–water partition coefficient (Wildman–Crippen LogP) is 5.11. The van der Waals surface area contributed by atoms with E-state index in [1.807, 2.05) is 6.42 Å². The molecule has 2 heteroatoms. The lowest BCUT2D eigenvalue weighted by Crippen LogP contribution is -1.81. The first-order chi connectivity index (χ1) is 9.33. The van der Waals surface area contributed by atoms with Gasteiger partial charge in [0, 0.05) is 12.8 Å². The Kier molecular flexibility index (Phi) is 24.5. The third kappa shape index (κ3) is 26.8. The molecule has 0 fully saturated rings. The molecular weight excluding hydrogens is 236 g/mol. The lowest BCUT2D eigenvalue weighted by atomic mass is 10.1. The highest BCUT2D eigenvalue weighted by molar-refractivity contribution is 5.51. The minimum atomic E-state index is 0.625. The van der Waals surface area contributed by atoms with Crippen LogP contribution in [0.2, 0.25) is 0 Å². The molecule has 0 aromatic carbocycles. The molecule has 2 nitrogen and oxygen atoms in total. The van der Waals surface area contributed by atoms with Crippen molar-refractivity contribution in [2.75, 3.05) is 0 Å². The van der Waals surface area contributed by atoms with Gasteiger partial charge in [0.15, 0.2) is 0 Å². The van der Waals surface area contributed by atoms with Crippen LogP contribution in [0.25, 0.3) is 0 Å². The van der Waals surface area contributed by atoms with Crippen molar-refractivity contribution in [2.45, 2.75) is 84.5 Å². The molecule has 0 unspecified atom stereocenters. The smallest absolute Gasteiger partial charge is 0.120 e. The third-order valence-corrected chi connectivity index (χ3v) is 2.80. The summed E-state index contributed by atoms with van der Waals surface area (Å²) in [5, 5.41) is 0. The van der Waals surface area contributed by atoms with Gasteiger partial charge >= 0.3 is 0 Å². The van der Waals surface area contributed by atoms with Crippen LogP contribution >= 0.6 is 0 Å². The summed E-state index contributed by atoms with van der Waals surface area (Å²) in [6.45, 7) is 4.37. The number of unbranched alkanes of at least 4 members (excludes halogenated alkanes) is 11. The Balaban J connectivity index is 0. The summed E-state index contributed by atoms with van der Waals surface area (Å²) < 4.78 is 0. The predicted molar refractivity (Wildman–Crippen MR) is 82.9 cm³/mol. The van der Waals surface area contributed by atoms with E-state index in [0.717, 1.165) is 25.4 Å². The van der Waals surface area contributed by atoms with E-state index in [-0.39, 0.29) is 0 Å². The summed E-state index contributed by atoms with van der Waals surface area (Å²) >= 11 is 0. The minimum absolute atomic E-state index is 0.625. The molecular formula is C17H32O2. The highest BCUT2D eigenvalue weighted by Gasteiger charge is 1.89. The number of carbonyl (C=O) groups excluding carboxylic acids is 2. The largest absolute Gasteiger partial charge is 0.303 e. The fourth-order valence-electron chi connectivity index (χ4n) is 1.61. The van der Waals surface area contributed by atoms with Crippen molar-refractivity contribution in [3.63, 3.8) is 0 Å². The van der Waals surface area contributed by atoms with Gasteiger partial charge in [0.2, 0.25) is 0 Å². The van der Waals surface area contributed by atoms with Gasteiger partial charge in [0.1, 0.15) is 12.6 Å². The Morgan fingerprint density at radius 3 is 1.58 bits per heavy atom. The molecule has 0 spiro atoms. The number of hydrogen-bond acceptors (Lipinski definition) is 2. The van der Waals surface area contributed by atoms with Crippen LogP contribution in [0.1, 0.15) is 84.5 Å². The van der Waals surface area contributed by atoms with Crippen LogP contribution < -0.4 is 0 Å². The Labute approximate surface area is 120 Å². The highest BCUT2D eigenvalue weighted by Crippen LogP contribution is 2.06. The van der Waals surface area contributed by atoms with Gasteiger partial charge in [-0.3, -0.25) is 0 Å². The van der Waals surface area contributed by atoms with Gasteiger partial charge in [-0.1, -0.05) is 58.8 Å². The number of carbonyl (C=O) groups is 2. The molecule has 112 valence electrons. The van der Waals surface area contributed by atoms with E-state index in [9.17, 15) is 9.59 Å². The van der Waals surface area contributed by atoms with E-state index in [2.05, 4.69) is 20.3 Å². The maximum Gasteiger partial charge on any atom is 0.120 e. The fourth-order valence-corrected chi connectivity index (χ4v) is 1.61. The maximum absolute atomic E-state index is 9.91. The van der Waals surface area contributed by atoms with Gasteiger partial charge in [-0.25, -0.2) is 0 Å². The molecule has 0 amide bonds. The van der Waals surface area contributed by atoms with Crippen molar-refractivity contribution in [1.29, 1.82) is 0 Å². The maximum atomic E-state index is 9.91. The number of hydrogen-bond donors (Lipinski definition) is 0. The summed E-state index contributed by atoms with van der Waals surface area (Å²) in [5.74, 6) is 0. The monoisotopic (exact) mass is 268 g/mol. The number of rotatable bonds is 13. The van der Waals surface area contributed by atoms with E-state index in [1.54, 1.807) is 0 Å². The second kappa shape index (κ2) is 22.5. The standard InChI is InChI=1S/C10H19O.C7H13O/c1-2-3-4-5-6-7-8-9-10-11;1-2-3-4-5-6-7-8/h8,10H,2-7,9H2,1H3;5,7H,2-4,6H2,1H3. The summed E-state index contributed by atoms with van der Waals surface area (Å²) in [6, 6.07) is 0. The summed E-state index contributed by atoms with van der Waals surface area (Å²) in [4.78, 5) is 19.6. The zero-order valence-electron chi connectivity index (χ0n) is 12.9. The normalized spacial score (nSPS) is 9.58. The molecule has 0 saturated heterocycles. The van der Waals surface area contributed by atoms with Crippen LogP contribution in [0.15, 0.2) is 0 Å². The van der Waals surface area contributed by atoms with Crippen molar-refractivity contribution in [3.05, 3.63) is 12.8 Å². The lowest BCUT2D eigenvalue weighted by molar-refractivity contribution is -0.108. The van der Waals surface area contributed by atoms with Crippen LogP contribution in [-0.2, 0) is 9.59 Å². The number of aldehydes is 2. The quantitative estimate of drug-likeness (QED) is 0.343. The van der Waals surface area contributed by atoms with E-state index >= 15 is 0 Å². The van der Waals surface area contributed by atoms with Crippen molar-refractivity contribution in [2.24, 2.45) is 0 Å². The minimum Gasteiger partial charge on any atom is -0.303 e. The van der Waals surface area contributed by atoms with E-state index in [4.69, 9.17) is 0 Å². The van der Waals surface area contributed by atoms with Gasteiger partial charge in [-0.15, -0.1) is 0 Å². The van der Waals surface area contributed by atoms with Crippen molar-refractivity contribution < 1.29 is 9.59 Å². The molecule has 0 aromatic rings. The summed E-state index contributed by atoms with van der Waals surface area (Å²) in [5.41, 5.74) is 0. The van der Waals surface area contributed by atoms with Gasteiger partial charge in [0.05, 0.1) is 0 Å². The highest BCUT2D eigenvalue weighted by atomic mass is 16.1. The SMILES string of the molecule is CCCCCCC[CH]CC=O.CCCC[CH]CC=O. The molecule has 0 atom stereocenters. The average Bonchev–Trinajstić information content (AvgIpc) is 2.44. The molecule has 0 heterocycles. The van der Waals surface area contributed by atoms with E-state index < -0.39 is 0 Å². The van der Waals surface area contributed by atoms with Gasteiger partial charge in [-0.05, 0) is 25.7 Å². The van der Waals surface area contributed by atoms with Crippen molar-refractivity contribution in [1.82, 2.24) is 0 Å². The Morgan fingerprint density at radius 2 is 1.11 bits per heavy atom. The zero-order valence-corrected chi connectivity index (χ0v) is 12.9. The molecule has 0 aliphatic heterocycles. The first-order valence-corrected chi connectivity index (χ1v) is 7.84. The van der Waals surface area contributed by atoms with Crippen molar-refractivity contribution >= 4 is 12.6 Å².